The molecule has 0 radical (unpaired) electrons. The number of carboxylic acid groups (broad SMARTS) is 1. The summed E-state index contributed by atoms with van der Waals surface area (Å²) in [6, 6.07) is 31.3. The first-order chi connectivity index (χ1) is 67.5. The van der Waals surface area contributed by atoms with Crippen LogP contribution in [0, 0.1) is 320 Å². The molecule has 0 aliphatic carbocycles. The first-order valence-corrected chi connectivity index (χ1v) is 43.0. The summed E-state index contributed by atoms with van der Waals surface area (Å²) in [6.07, 6.45) is 10.9. The molecule has 23 heteroatoms. The number of terminal acetylenes is 1. The molecule has 4 fully saturated rings. The summed E-state index contributed by atoms with van der Waals surface area (Å²) in [5.74, 6) is 127. The molecule has 18 nitrogen and oxygen atoms in total. The standard InChI is InChI=1S/C53H4.C33H33ClFN3O5.C32H31ClFN3O5.CH4.Li.H3N.H2O/c1-3-5-7-9-11-13-15-17-19-21-23-25-27-29-31-33-35-37-39-41-43-45-47-49-51-53-52-50-48-46-44-42-40-38-36-34-32-30-28-26-24-22-20-18-16-14-12-10-8-6-4-2;1-33(25-8-7-22(34)17-26(25)35)42-29-5-3-4-24(31(29)43-33)20-10-13-37(14-11-20)19-30-36-27-9-6-21(32(39)40-2)16-28(27)38(30)18-23-12-15-41-23;1-32(24-7-6-21(33)16-25(24)34)41-28-4-2-3-23(30(28)42-32)19-9-12-36(13-10-19)18-29-35-26-8-5-20(31(38)39)15-27(26)37(29)17-22-11-14-40-22;;;;/h1H,2H3;3-9,16-17,20,23H,10-15,18-19H2,1-2H3;2-8,15-16,19,22H,9-14,17-18H2,1H3,(H,38,39);1H4;;1H3;1H2/q;;;;+1;;/p-1/t;23-,33-;22-,32-;;;;/m.00..../s1. The van der Waals surface area contributed by atoms with Crippen molar-refractivity contribution in [3.8, 4) is 331 Å². The van der Waals surface area contributed by atoms with Crippen LogP contribution in [0.1, 0.15) is 133 Å². The topological polar surface area (TPSA) is 230 Å². The number of hydrogen-bond donors (Lipinski definition) is 1. The number of carbonyl (C=O) groups is 2. The van der Waals surface area contributed by atoms with E-state index in [1.54, 1.807) is 69.3 Å². The number of aromatic carboxylic acids is 1. The molecule has 8 aromatic rings. The Kier molecular flexibility index (Phi) is 44.2. The van der Waals surface area contributed by atoms with Gasteiger partial charge in [0.15, 0.2) is 23.0 Å². The molecule has 682 valence electrons. The third-order valence-electron chi connectivity index (χ3n) is 20.7. The van der Waals surface area contributed by atoms with Crippen LogP contribution in [0.3, 0.4) is 0 Å². The maximum absolute atomic E-state index is 14.8. The Morgan fingerprint density at radius 2 is 0.732 bits per heavy atom. The molecule has 0 amide bonds. The van der Waals surface area contributed by atoms with Crippen LogP contribution < -0.4 is 49.1 Å². The van der Waals surface area contributed by atoms with Crippen LogP contribution >= 0.6 is 23.2 Å². The van der Waals surface area contributed by atoms with Crippen LogP contribution in [0.25, 0.3) is 22.1 Å². The minimum atomic E-state index is -1.28. The molecule has 4 atom stereocenters. The summed E-state index contributed by atoms with van der Waals surface area (Å²) in [4.78, 5) is 38.4. The van der Waals surface area contributed by atoms with Crippen molar-refractivity contribution in [3.63, 3.8) is 0 Å². The molecule has 0 saturated carbocycles. The van der Waals surface area contributed by atoms with Gasteiger partial charge in [-0.1, -0.05) is 66.9 Å². The van der Waals surface area contributed by atoms with Crippen molar-refractivity contribution in [1.29, 1.82) is 0 Å². The van der Waals surface area contributed by atoms with E-state index in [1.807, 2.05) is 36.4 Å². The molecule has 6 aromatic carbocycles. The predicted octanol–water partition coefficient (Wildman–Crippen LogP) is 10.00. The van der Waals surface area contributed by atoms with Crippen molar-refractivity contribution < 1.29 is 81.0 Å². The van der Waals surface area contributed by atoms with Crippen LogP contribution in [-0.4, -0.2) is 105 Å². The van der Waals surface area contributed by atoms with Crippen LogP contribution in [0.15, 0.2) is 109 Å². The van der Waals surface area contributed by atoms with Crippen molar-refractivity contribution in [1.82, 2.24) is 35.1 Å². The predicted molar refractivity (Wildman–Crippen MR) is 535 cm³/mol. The number of aromatic nitrogens is 4. The summed E-state index contributed by atoms with van der Waals surface area (Å²) >= 11 is 11.9. The summed E-state index contributed by atoms with van der Waals surface area (Å²) in [6.45, 7) is 12.8. The van der Waals surface area contributed by atoms with E-state index in [0.717, 1.165) is 123 Å². The third kappa shape index (κ3) is 32.5. The summed E-state index contributed by atoms with van der Waals surface area (Å²) < 4.78 is 75.4. The molecule has 0 unspecified atom stereocenters. The zero-order valence-electron chi connectivity index (χ0n) is 76.8. The van der Waals surface area contributed by atoms with E-state index >= 15 is 0 Å². The Hall–Kier alpha value is -18.2. The average molecular weight is 1900 g/mol. The fourth-order valence-electron chi connectivity index (χ4n) is 14.3. The average Bonchev–Trinajstić information content (AvgIpc) is 1.61. The van der Waals surface area contributed by atoms with Crippen LogP contribution in [0.4, 0.5) is 8.78 Å². The second kappa shape index (κ2) is 57.6. The Labute approximate surface area is 849 Å². The molecular formula is C119H76Cl2F2LiN7O11. The van der Waals surface area contributed by atoms with Crippen molar-refractivity contribution in [2.75, 3.05) is 46.5 Å². The zero-order chi connectivity index (χ0) is 96.8. The number of imidazole rings is 2. The van der Waals surface area contributed by atoms with Crippen molar-refractivity contribution >= 4 is 57.2 Å². The molecule has 6 aliphatic heterocycles. The normalized spacial score (nSPS) is 14.8. The van der Waals surface area contributed by atoms with Gasteiger partial charge in [-0.3, -0.25) is 9.80 Å². The second-order valence-corrected chi connectivity index (χ2v) is 30.4. The molecule has 6 aliphatic rings. The number of ether oxygens (including phenoxy) is 7. The maximum atomic E-state index is 14.8. The Morgan fingerprint density at radius 3 is 1.01 bits per heavy atom. The number of nitrogens with zero attached hydrogens (tertiary/aromatic N) is 6. The third-order valence-corrected chi connectivity index (χ3v) is 21.2. The number of methoxy groups -OCH3 is 1. The SMILES string of the molecule is C.C#CC#CC#CC#CC#CC#CC#CC#CC#CC#CC#CC#CC#CC#CC#CC#CC#CC#CC#CC#CC#CC#CC#CC#CC#CC#CC.COC(=O)c1ccc2nc(CN3CCC(c4cccc5c4O[C@@](C)(c4ccc(Cl)cc4F)O5)CC3)n(C[C@@H]3CCO3)c2c1.C[C@]1(c2ccc(Cl)cc2F)Oc2cccc(C3CCN(Cc4nc5ccc(C(=O)[O-])cc5n4C[C@@H]4CCO4)CC3)c2O1.[Li+].[NH4+].[OH-]. The summed E-state index contributed by atoms with van der Waals surface area (Å²) in [5, 5.41) is 12.2. The van der Waals surface area contributed by atoms with Gasteiger partial charge in [-0.15, -0.1) is 6.42 Å². The molecule has 2 aromatic heterocycles. The van der Waals surface area contributed by atoms with E-state index < -0.39 is 29.2 Å². The van der Waals surface area contributed by atoms with Gasteiger partial charge in [0, 0.05) is 250 Å². The van der Waals surface area contributed by atoms with Gasteiger partial charge >= 0.3 is 24.8 Å². The second-order valence-electron chi connectivity index (χ2n) is 29.5. The van der Waals surface area contributed by atoms with Gasteiger partial charge in [-0.25, -0.2) is 23.5 Å². The summed E-state index contributed by atoms with van der Waals surface area (Å²) in [5.41, 5.74) is 6.73. The molecule has 142 heavy (non-hydrogen) atoms. The Morgan fingerprint density at radius 1 is 0.437 bits per heavy atom. The minimum Gasteiger partial charge on any atom is -0.870 e. The number of benzene rings is 6. The van der Waals surface area contributed by atoms with Gasteiger partial charge in [0.05, 0.1) is 90.2 Å². The monoisotopic (exact) mass is 1890 g/mol. The van der Waals surface area contributed by atoms with Gasteiger partial charge in [-0.2, -0.15) is 0 Å². The van der Waals surface area contributed by atoms with Gasteiger partial charge in [0.1, 0.15) is 23.3 Å². The van der Waals surface area contributed by atoms with Crippen LogP contribution in [0.2, 0.25) is 10.0 Å². The zero-order valence-corrected chi connectivity index (χ0v) is 78.3. The molecule has 4 saturated heterocycles. The number of carbonyl (C=O) groups excluding carboxylic acids is 2. The summed E-state index contributed by atoms with van der Waals surface area (Å²) in [7, 11) is 1.39. The first kappa shape index (κ1) is 109. The number of para-hydroxylation sites is 2. The van der Waals surface area contributed by atoms with Crippen LogP contribution in [-0.2, 0) is 52.0 Å². The van der Waals surface area contributed by atoms with Gasteiger partial charge in [0.25, 0.3) is 11.6 Å². The first-order valence-electron chi connectivity index (χ1n) is 42.3. The number of fused-ring (bicyclic) bond motifs is 4. The fourth-order valence-corrected chi connectivity index (χ4v) is 14.6. The molecule has 5 N–H and O–H groups in total. The molecule has 8 heterocycles. The molecule has 0 bridgehead atoms. The van der Waals surface area contributed by atoms with Gasteiger partial charge in [-0.05, 0) is 263 Å². The number of hydrogen-bond acceptors (Lipinski definition) is 15. The number of carboxylic acids is 1. The Balaban J connectivity index is 0.000000258. The number of halogens is 4. The van der Waals surface area contributed by atoms with Crippen molar-refractivity contribution in [3.05, 3.63) is 176 Å². The maximum Gasteiger partial charge on any atom is 1.00 e. The molecular weight excluding hydrogens is 1820 g/mol. The molecule has 14 rings (SSSR count). The number of rotatable bonds is 14. The quantitative estimate of drug-likeness (QED) is 0.0606. The smallest absolute Gasteiger partial charge is 0.870 e. The van der Waals surface area contributed by atoms with E-state index in [1.165, 1.54) is 19.2 Å². The number of esters is 1. The Bertz CT molecular complexity index is 8130. The number of likely N-dealkylation sites (tertiary alicyclic amines) is 2. The number of quaternary nitrogens is 1. The van der Waals surface area contributed by atoms with Gasteiger partial charge in [0.2, 0.25) is 0 Å². The van der Waals surface area contributed by atoms with Crippen molar-refractivity contribution in [2.24, 2.45) is 0 Å². The van der Waals surface area contributed by atoms with E-state index in [9.17, 15) is 23.5 Å². The largest absolute Gasteiger partial charge is 1.00 e. The van der Waals surface area contributed by atoms with Crippen LogP contribution in [0.5, 0.6) is 23.0 Å². The van der Waals surface area contributed by atoms with Crippen molar-refractivity contribution in [2.45, 2.75) is 129 Å². The number of piperidine rings is 2. The van der Waals surface area contributed by atoms with E-state index in [0.29, 0.717) is 75.9 Å². The van der Waals surface area contributed by atoms with Gasteiger partial charge < -0.3 is 63.8 Å². The van der Waals surface area contributed by atoms with E-state index in [-0.39, 0.29) is 73.5 Å². The minimum absolute atomic E-state index is 0. The molecule has 0 spiro atoms. The van der Waals surface area contributed by atoms with E-state index in [2.05, 4.69) is 333 Å². The fraction of sp³-hybridized carbons (Fsp3) is 0.227. The van der Waals surface area contributed by atoms with E-state index in [4.69, 9.17) is 72.8 Å².